The Hall–Kier alpha value is -3.33. The van der Waals surface area contributed by atoms with E-state index in [2.05, 4.69) is 123 Å². The lowest BCUT2D eigenvalue weighted by Gasteiger charge is -2.19. The van der Waals surface area contributed by atoms with Gasteiger partial charge in [-0.2, -0.15) is 0 Å². The van der Waals surface area contributed by atoms with Gasteiger partial charge in [-0.15, -0.1) is 0 Å². The summed E-state index contributed by atoms with van der Waals surface area (Å²) < 4.78 is 33.0. The van der Waals surface area contributed by atoms with E-state index in [0.29, 0.717) is 6.42 Å². The topological polar surface area (TPSA) is 134 Å². The van der Waals surface area contributed by atoms with Crippen molar-refractivity contribution in [2.45, 2.75) is 251 Å². The molecule has 418 valence electrons. The number of carbonyl (C=O) groups excluding carboxylic acids is 2. The lowest BCUT2D eigenvalue weighted by atomic mass is 10.0. The number of phosphoric acid groups is 1. The molecule has 0 saturated heterocycles. The van der Waals surface area contributed by atoms with Crippen molar-refractivity contribution < 1.29 is 37.6 Å². The van der Waals surface area contributed by atoms with E-state index >= 15 is 0 Å². The number of hydrogen-bond donors (Lipinski definition) is 2. The first-order valence-electron chi connectivity index (χ1n) is 29.4. The molecule has 9 nitrogen and oxygen atoms in total. The maximum Gasteiger partial charge on any atom is 0.472 e. The van der Waals surface area contributed by atoms with Crippen LogP contribution in [0.4, 0.5) is 0 Å². The third kappa shape index (κ3) is 57.8. The number of ether oxygens (including phenoxy) is 2. The number of nitrogens with two attached hydrogens (primary N) is 1. The molecule has 2 unspecified atom stereocenters. The molecule has 0 amide bonds. The summed E-state index contributed by atoms with van der Waals surface area (Å²) in [6.45, 7) is 3.60. The molecule has 10 heteroatoms. The Morgan fingerprint density at radius 2 is 0.753 bits per heavy atom. The molecule has 0 aromatic heterocycles. The zero-order chi connectivity index (χ0) is 53.1. The van der Waals surface area contributed by atoms with Crippen LogP contribution in [0, 0.1) is 0 Å². The van der Waals surface area contributed by atoms with Crippen molar-refractivity contribution >= 4 is 19.8 Å². The Bertz CT molecular complexity index is 1560. The van der Waals surface area contributed by atoms with Crippen molar-refractivity contribution in [2.24, 2.45) is 5.73 Å². The molecule has 0 radical (unpaired) electrons. The summed E-state index contributed by atoms with van der Waals surface area (Å²) in [5.74, 6) is -0.850. The van der Waals surface area contributed by atoms with Crippen molar-refractivity contribution in [3.05, 3.63) is 109 Å². The Balaban J connectivity index is 4.04. The highest BCUT2D eigenvalue weighted by Gasteiger charge is 2.26. The van der Waals surface area contributed by atoms with E-state index in [9.17, 15) is 19.0 Å². The Kier molecular flexibility index (Phi) is 55.3. The summed E-state index contributed by atoms with van der Waals surface area (Å²) in [5, 5.41) is 0. The van der Waals surface area contributed by atoms with Crippen LogP contribution in [0.15, 0.2) is 109 Å². The van der Waals surface area contributed by atoms with Crippen LogP contribution in [-0.2, 0) is 32.7 Å². The summed E-state index contributed by atoms with van der Waals surface area (Å²) in [5.41, 5.74) is 5.38. The fourth-order valence-electron chi connectivity index (χ4n) is 7.82. The largest absolute Gasteiger partial charge is 0.472 e. The van der Waals surface area contributed by atoms with Gasteiger partial charge in [0.05, 0.1) is 13.2 Å². The van der Waals surface area contributed by atoms with Gasteiger partial charge in [0.1, 0.15) is 6.61 Å². The molecule has 0 aromatic carbocycles. The summed E-state index contributed by atoms with van der Waals surface area (Å²) >= 11 is 0. The van der Waals surface area contributed by atoms with E-state index < -0.39 is 26.5 Å². The van der Waals surface area contributed by atoms with E-state index in [4.69, 9.17) is 24.3 Å². The van der Waals surface area contributed by atoms with Crippen LogP contribution in [0.5, 0.6) is 0 Å². The summed E-state index contributed by atoms with van der Waals surface area (Å²) in [4.78, 5) is 35.2. The van der Waals surface area contributed by atoms with E-state index in [0.717, 1.165) is 109 Å². The third-order valence-electron chi connectivity index (χ3n) is 12.1. The predicted octanol–water partition coefficient (Wildman–Crippen LogP) is 18.6. The SMILES string of the molecule is CC/C=C\C/C=C\C/C=C\C/C=C\C/C=C\C/C=C\CCCCCCCCC(=O)OC(COC(=O)CCCCCCCCCCCCCC/C=C\C/C=C\C/C=C\CCCCCCC)COP(=O)(O)OCCN. The number of hydrogen-bond acceptors (Lipinski definition) is 8. The smallest absolute Gasteiger partial charge is 0.462 e. The second-order valence-corrected chi connectivity index (χ2v) is 20.6. The van der Waals surface area contributed by atoms with Gasteiger partial charge in [0.15, 0.2) is 6.10 Å². The minimum Gasteiger partial charge on any atom is -0.462 e. The monoisotopic (exact) mass is 1040 g/mol. The van der Waals surface area contributed by atoms with E-state index in [-0.39, 0.29) is 38.6 Å². The van der Waals surface area contributed by atoms with Crippen molar-refractivity contribution in [1.29, 1.82) is 0 Å². The first-order valence-corrected chi connectivity index (χ1v) is 30.9. The fourth-order valence-corrected chi connectivity index (χ4v) is 8.59. The molecule has 0 aliphatic heterocycles. The Labute approximate surface area is 448 Å². The number of esters is 2. The number of allylic oxidation sites excluding steroid dienone is 18. The quantitative estimate of drug-likeness (QED) is 0.0264. The molecule has 2 atom stereocenters. The molecule has 0 saturated carbocycles. The fraction of sp³-hybridized carbons (Fsp3) is 0.683. The van der Waals surface area contributed by atoms with Crippen LogP contribution in [0.1, 0.15) is 245 Å². The molecule has 0 aromatic rings. The minimum atomic E-state index is -4.40. The van der Waals surface area contributed by atoms with Gasteiger partial charge < -0.3 is 20.1 Å². The lowest BCUT2D eigenvalue weighted by Crippen LogP contribution is -2.29. The zero-order valence-electron chi connectivity index (χ0n) is 46.6. The maximum absolute atomic E-state index is 12.7. The van der Waals surface area contributed by atoms with Crippen LogP contribution < -0.4 is 5.73 Å². The average molecular weight is 1040 g/mol. The predicted molar refractivity (Wildman–Crippen MR) is 311 cm³/mol. The molecule has 0 bridgehead atoms. The van der Waals surface area contributed by atoms with Crippen LogP contribution >= 0.6 is 7.82 Å². The van der Waals surface area contributed by atoms with Gasteiger partial charge in [0.25, 0.3) is 0 Å². The summed E-state index contributed by atoms with van der Waals surface area (Å²) in [6, 6.07) is 0. The van der Waals surface area contributed by atoms with Crippen LogP contribution in [0.3, 0.4) is 0 Å². The Morgan fingerprint density at radius 3 is 1.12 bits per heavy atom. The highest BCUT2D eigenvalue weighted by molar-refractivity contribution is 7.47. The van der Waals surface area contributed by atoms with Gasteiger partial charge in [0, 0.05) is 19.4 Å². The van der Waals surface area contributed by atoms with Gasteiger partial charge in [-0.05, 0) is 103 Å². The van der Waals surface area contributed by atoms with Gasteiger partial charge in [-0.25, -0.2) is 4.57 Å². The van der Waals surface area contributed by atoms with Crippen LogP contribution in [0.25, 0.3) is 0 Å². The highest BCUT2D eigenvalue weighted by Crippen LogP contribution is 2.43. The second-order valence-electron chi connectivity index (χ2n) is 19.1. The first-order chi connectivity index (χ1) is 35.8. The number of rotatable bonds is 54. The van der Waals surface area contributed by atoms with Crippen LogP contribution in [0.2, 0.25) is 0 Å². The number of phosphoric ester groups is 1. The number of unbranched alkanes of at least 4 members (excludes halogenated alkanes) is 23. The van der Waals surface area contributed by atoms with E-state index in [1.807, 2.05) is 0 Å². The molecule has 0 spiro atoms. The minimum absolute atomic E-state index is 0.0449. The summed E-state index contributed by atoms with van der Waals surface area (Å²) in [6.07, 6.45) is 78.5. The summed E-state index contributed by atoms with van der Waals surface area (Å²) in [7, 11) is -4.40. The molecular weight excluding hydrogens is 930 g/mol. The normalized spacial score (nSPS) is 13.9. The molecule has 0 rings (SSSR count). The Morgan fingerprint density at radius 1 is 0.425 bits per heavy atom. The van der Waals surface area contributed by atoms with E-state index in [1.54, 1.807) is 0 Å². The third-order valence-corrected chi connectivity index (χ3v) is 13.1. The van der Waals surface area contributed by atoms with Crippen molar-refractivity contribution in [1.82, 2.24) is 0 Å². The molecule has 0 aliphatic rings. The highest BCUT2D eigenvalue weighted by atomic mass is 31.2. The van der Waals surface area contributed by atoms with E-state index in [1.165, 1.54) is 103 Å². The van der Waals surface area contributed by atoms with Gasteiger partial charge >= 0.3 is 19.8 Å². The average Bonchev–Trinajstić information content (AvgIpc) is 3.38. The van der Waals surface area contributed by atoms with Crippen LogP contribution in [-0.4, -0.2) is 49.3 Å². The maximum atomic E-state index is 12.7. The van der Waals surface area contributed by atoms with Gasteiger partial charge in [-0.1, -0.05) is 239 Å². The lowest BCUT2D eigenvalue weighted by molar-refractivity contribution is -0.161. The number of carbonyl (C=O) groups is 2. The van der Waals surface area contributed by atoms with Crippen molar-refractivity contribution in [3.8, 4) is 0 Å². The molecule has 0 heterocycles. The molecule has 0 aliphatic carbocycles. The van der Waals surface area contributed by atoms with Gasteiger partial charge in [-0.3, -0.25) is 18.6 Å². The molecular formula is C63H108NO8P. The first kappa shape index (κ1) is 69.7. The van der Waals surface area contributed by atoms with Gasteiger partial charge in [0.2, 0.25) is 0 Å². The van der Waals surface area contributed by atoms with Crippen molar-refractivity contribution in [2.75, 3.05) is 26.4 Å². The molecule has 73 heavy (non-hydrogen) atoms. The standard InChI is InChI=1S/C63H108NO8P/c1-3-5-7-9-11-13-15-17-19-21-23-25-27-29-30-32-33-35-37-39-41-43-45-47-49-51-53-55-62(65)69-59-61(60-71-73(67,68)70-58-57-64)72-63(66)56-54-52-50-48-46-44-42-40-38-36-34-31-28-26-24-22-20-18-16-14-12-10-8-6-4-2/h6,8,12,14-15,17-18,20-21,23-24,26-27,29,31,34,38,40,61H,3-5,7,9-11,13,16,19,22,25,28,30,32-33,35-37,39,41-60,64H2,1-2H3,(H,67,68)/b8-6-,14-12-,17-15-,20-18-,23-21-,26-24-,29-27-,34-31-,40-38-. The molecule has 0 fully saturated rings. The second kappa shape index (κ2) is 57.9. The zero-order valence-corrected chi connectivity index (χ0v) is 47.5. The molecule has 3 N–H and O–H groups in total. The van der Waals surface area contributed by atoms with Crippen molar-refractivity contribution in [3.63, 3.8) is 0 Å².